The molecule has 0 radical (unpaired) electrons. The van der Waals surface area contributed by atoms with E-state index in [1.807, 2.05) is 6.92 Å². The predicted octanol–water partition coefficient (Wildman–Crippen LogP) is -1.79. The van der Waals surface area contributed by atoms with E-state index in [0.717, 1.165) is 0 Å². The highest BCUT2D eigenvalue weighted by Gasteiger charge is 2.39. The first-order valence-electron chi connectivity index (χ1n) is 5.02. The van der Waals surface area contributed by atoms with E-state index in [4.69, 9.17) is 14.6 Å². The molecule has 5 atom stereocenters. The summed E-state index contributed by atoms with van der Waals surface area (Å²) in [5.74, 6) is 0. The fourth-order valence-corrected chi connectivity index (χ4v) is 1.36. The van der Waals surface area contributed by atoms with Crippen molar-refractivity contribution in [2.45, 2.75) is 44.1 Å². The number of aliphatic hydroxyl groups is 4. The largest absolute Gasteiger partial charge is 0.394 e. The van der Waals surface area contributed by atoms with Crippen molar-refractivity contribution in [1.29, 1.82) is 0 Å². The molecule has 1 unspecified atom stereocenters. The lowest BCUT2D eigenvalue weighted by atomic mass is 10.1. The second kappa shape index (κ2) is 5.74. The van der Waals surface area contributed by atoms with Gasteiger partial charge < -0.3 is 29.9 Å². The number of hydrogen-bond donors (Lipinski definition) is 4. The van der Waals surface area contributed by atoms with Gasteiger partial charge in [-0.3, -0.25) is 0 Å². The molecule has 0 bridgehead atoms. The maximum atomic E-state index is 9.51. The summed E-state index contributed by atoms with van der Waals surface area (Å²) < 4.78 is 10.2. The Morgan fingerprint density at radius 1 is 1.33 bits per heavy atom. The molecular weight excluding hydrogens is 204 g/mol. The molecule has 1 saturated heterocycles. The van der Waals surface area contributed by atoms with E-state index >= 15 is 0 Å². The van der Waals surface area contributed by atoms with E-state index in [0.29, 0.717) is 6.42 Å². The van der Waals surface area contributed by atoms with Gasteiger partial charge in [0.25, 0.3) is 0 Å². The minimum Gasteiger partial charge on any atom is -0.394 e. The summed E-state index contributed by atoms with van der Waals surface area (Å²) in [4.78, 5) is 0. The third kappa shape index (κ3) is 3.10. The highest BCUT2D eigenvalue weighted by molar-refractivity contribution is 4.82. The second-order valence-corrected chi connectivity index (χ2v) is 3.60. The van der Waals surface area contributed by atoms with E-state index in [2.05, 4.69) is 0 Å². The van der Waals surface area contributed by atoms with Crippen LogP contribution in [0.25, 0.3) is 0 Å². The minimum absolute atomic E-state index is 0.0925. The fraction of sp³-hybridized carbons (Fsp3) is 1.00. The van der Waals surface area contributed by atoms with Crippen molar-refractivity contribution in [1.82, 2.24) is 0 Å². The molecule has 1 aliphatic heterocycles. The Hall–Kier alpha value is -0.240. The normalized spacial score (nSPS) is 39.0. The molecule has 90 valence electrons. The van der Waals surface area contributed by atoms with Crippen LogP contribution < -0.4 is 0 Å². The molecular formula is C9H18O6. The van der Waals surface area contributed by atoms with Crippen molar-refractivity contribution in [2.75, 3.05) is 13.2 Å². The van der Waals surface area contributed by atoms with Gasteiger partial charge in [0, 0.05) is 0 Å². The Morgan fingerprint density at radius 2 is 2.00 bits per heavy atom. The van der Waals surface area contributed by atoms with Gasteiger partial charge in [0.15, 0.2) is 6.29 Å². The topological polar surface area (TPSA) is 99.4 Å². The van der Waals surface area contributed by atoms with Crippen molar-refractivity contribution >= 4 is 0 Å². The molecule has 0 aromatic carbocycles. The van der Waals surface area contributed by atoms with Gasteiger partial charge in [0.2, 0.25) is 0 Å². The van der Waals surface area contributed by atoms with Crippen molar-refractivity contribution < 1.29 is 29.9 Å². The molecule has 6 nitrogen and oxygen atoms in total. The zero-order valence-electron chi connectivity index (χ0n) is 8.61. The number of rotatable bonds is 4. The van der Waals surface area contributed by atoms with E-state index in [9.17, 15) is 15.3 Å². The summed E-state index contributed by atoms with van der Waals surface area (Å²) in [6.45, 7) is 1.55. The van der Waals surface area contributed by atoms with Crippen LogP contribution in [0.2, 0.25) is 0 Å². The summed E-state index contributed by atoms with van der Waals surface area (Å²) in [5, 5.41) is 36.9. The highest BCUT2D eigenvalue weighted by atomic mass is 16.7. The predicted molar refractivity (Wildman–Crippen MR) is 50.0 cm³/mol. The van der Waals surface area contributed by atoms with Gasteiger partial charge in [-0.05, 0) is 6.42 Å². The summed E-state index contributed by atoms with van der Waals surface area (Å²) in [7, 11) is 0. The third-order valence-electron chi connectivity index (χ3n) is 2.44. The lowest BCUT2D eigenvalue weighted by Gasteiger charge is -2.36. The van der Waals surface area contributed by atoms with Gasteiger partial charge in [0.1, 0.15) is 18.3 Å². The zero-order chi connectivity index (χ0) is 11.4. The molecule has 0 aliphatic carbocycles. The van der Waals surface area contributed by atoms with Crippen LogP contribution in [0.15, 0.2) is 0 Å². The molecule has 0 aromatic heterocycles. The molecule has 1 rings (SSSR count). The smallest absolute Gasteiger partial charge is 0.186 e. The van der Waals surface area contributed by atoms with Gasteiger partial charge in [-0.15, -0.1) is 0 Å². The SMILES string of the molecule is CCC(CO)O[C@@H]1OC[C@@H](O)[C@H](O)[C@H]1O. The quantitative estimate of drug-likeness (QED) is 0.448. The lowest BCUT2D eigenvalue weighted by Crippen LogP contribution is -2.54. The maximum absolute atomic E-state index is 9.51. The second-order valence-electron chi connectivity index (χ2n) is 3.60. The van der Waals surface area contributed by atoms with Crippen LogP contribution in [0.3, 0.4) is 0 Å². The Balaban J connectivity index is 2.48. The van der Waals surface area contributed by atoms with E-state index < -0.39 is 30.7 Å². The zero-order valence-corrected chi connectivity index (χ0v) is 8.61. The molecule has 4 N–H and O–H groups in total. The Kier molecular flexibility index (Phi) is 4.91. The minimum atomic E-state index is -1.30. The van der Waals surface area contributed by atoms with E-state index in [1.54, 1.807) is 0 Å². The van der Waals surface area contributed by atoms with Gasteiger partial charge in [0.05, 0.1) is 19.3 Å². The van der Waals surface area contributed by atoms with Crippen LogP contribution in [-0.2, 0) is 9.47 Å². The number of ether oxygens (including phenoxy) is 2. The molecule has 0 saturated carbocycles. The summed E-state index contributed by atoms with van der Waals surface area (Å²) >= 11 is 0. The molecule has 1 heterocycles. The van der Waals surface area contributed by atoms with Crippen LogP contribution in [0, 0.1) is 0 Å². The van der Waals surface area contributed by atoms with E-state index in [-0.39, 0.29) is 13.2 Å². The van der Waals surface area contributed by atoms with Crippen LogP contribution in [0.1, 0.15) is 13.3 Å². The molecule has 1 aliphatic rings. The average Bonchev–Trinajstić information content (AvgIpc) is 2.25. The molecule has 15 heavy (non-hydrogen) atoms. The monoisotopic (exact) mass is 222 g/mol. The third-order valence-corrected chi connectivity index (χ3v) is 2.44. The van der Waals surface area contributed by atoms with Crippen LogP contribution in [0.5, 0.6) is 0 Å². The van der Waals surface area contributed by atoms with Gasteiger partial charge in [-0.2, -0.15) is 0 Å². The first-order chi connectivity index (χ1) is 7.10. The standard InChI is InChI=1S/C9H18O6/c1-2-5(3-10)15-9-8(13)7(12)6(11)4-14-9/h5-13H,2-4H2,1H3/t5?,6-,7+,8-,9+/m1/s1. The maximum Gasteiger partial charge on any atom is 0.186 e. The van der Waals surface area contributed by atoms with Crippen LogP contribution in [-0.4, -0.2) is 64.3 Å². The van der Waals surface area contributed by atoms with Crippen molar-refractivity contribution in [3.05, 3.63) is 0 Å². The molecule has 1 fully saturated rings. The lowest BCUT2D eigenvalue weighted by molar-refractivity contribution is -0.284. The van der Waals surface area contributed by atoms with Crippen molar-refractivity contribution in [3.8, 4) is 0 Å². The van der Waals surface area contributed by atoms with Gasteiger partial charge in [-0.25, -0.2) is 0 Å². The van der Waals surface area contributed by atoms with Crippen molar-refractivity contribution in [2.24, 2.45) is 0 Å². The Morgan fingerprint density at radius 3 is 2.53 bits per heavy atom. The Labute approximate surface area is 88.1 Å². The molecule has 0 amide bonds. The van der Waals surface area contributed by atoms with Crippen LogP contribution in [0.4, 0.5) is 0 Å². The van der Waals surface area contributed by atoms with Crippen LogP contribution >= 0.6 is 0 Å². The highest BCUT2D eigenvalue weighted by Crippen LogP contribution is 2.18. The molecule has 0 spiro atoms. The van der Waals surface area contributed by atoms with Crippen molar-refractivity contribution in [3.63, 3.8) is 0 Å². The molecule has 6 heteroatoms. The fourth-order valence-electron chi connectivity index (χ4n) is 1.36. The average molecular weight is 222 g/mol. The Bertz CT molecular complexity index is 183. The van der Waals surface area contributed by atoms with Gasteiger partial charge >= 0.3 is 0 Å². The first kappa shape index (κ1) is 12.8. The molecule has 0 aromatic rings. The number of hydrogen-bond acceptors (Lipinski definition) is 6. The first-order valence-corrected chi connectivity index (χ1v) is 5.02. The van der Waals surface area contributed by atoms with Gasteiger partial charge in [-0.1, -0.05) is 6.92 Å². The van der Waals surface area contributed by atoms with E-state index in [1.165, 1.54) is 0 Å². The summed E-state index contributed by atoms with van der Waals surface area (Å²) in [5.41, 5.74) is 0. The summed E-state index contributed by atoms with van der Waals surface area (Å²) in [6, 6.07) is 0. The number of aliphatic hydroxyl groups excluding tert-OH is 4. The summed E-state index contributed by atoms with van der Waals surface area (Å²) in [6.07, 6.45) is -4.54.